The molecule has 0 saturated heterocycles. The molecule has 22 heavy (non-hydrogen) atoms. The van der Waals surface area contributed by atoms with E-state index in [9.17, 15) is 4.79 Å². The van der Waals surface area contributed by atoms with Gasteiger partial charge in [0.2, 0.25) is 0 Å². The van der Waals surface area contributed by atoms with Gasteiger partial charge >= 0.3 is 0 Å². The van der Waals surface area contributed by atoms with Crippen LogP contribution in [0.2, 0.25) is 0 Å². The van der Waals surface area contributed by atoms with Crippen LogP contribution in [0.1, 0.15) is 16.1 Å². The van der Waals surface area contributed by atoms with E-state index in [1.165, 1.54) is 0 Å². The van der Waals surface area contributed by atoms with Gasteiger partial charge in [-0.05, 0) is 31.2 Å². The number of terminal acetylenes is 1. The SMILES string of the molecule is C#CCn1c(-c2ccc3c(c2)OCCO3)cc(C(N)=O)c1C. The summed E-state index contributed by atoms with van der Waals surface area (Å²) in [5, 5.41) is 0. The van der Waals surface area contributed by atoms with Gasteiger partial charge < -0.3 is 19.8 Å². The zero-order valence-electron chi connectivity index (χ0n) is 12.3. The molecule has 0 unspecified atom stereocenters. The summed E-state index contributed by atoms with van der Waals surface area (Å²) in [5.74, 6) is 3.55. The molecule has 2 N–H and O–H groups in total. The fourth-order valence-electron chi connectivity index (χ4n) is 2.63. The fraction of sp³-hybridized carbons (Fsp3) is 0.235. The van der Waals surface area contributed by atoms with Crippen LogP contribution in [0.25, 0.3) is 11.3 Å². The molecule has 0 spiro atoms. The van der Waals surface area contributed by atoms with E-state index < -0.39 is 5.91 Å². The van der Waals surface area contributed by atoms with E-state index in [0.29, 0.717) is 31.1 Å². The molecular weight excluding hydrogens is 280 g/mol. The maximum Gasteiger partial charge on any atom is 0.250 e. The standard InChI is InChI=1S/C17H16N2O3/c1-3-6-19-11(2)13(17(18)20)10-14(19)12-4-5-15-16(9-12)22-8-7-21-15/h1,4-5,9-10H,6-8H2,2H3,(H2,18,20). The van der Waals surface area contributed by atoms with Crippen LogP contribution in [0.5, 0.6) is 11.5 Å². The van der Waals surface area contributed by atoms with Crippen LogP contribution < -0.4 is 15.2 Å². The number of nitrogens with zero attached hydrogens (tertiary/aromatic N) is 1. The van der Waals surface area contributed by atoms with Crippen LogP contribution in [-0.2, 0) is 6.54 Å². The molecule has 1 amide bonds. The average molecular weight is 296 g/mol. The molecule has 0 radical (unpaired) electrons. The van der Waals surface area contributed by atoms with E-state index in [4.69, 9.17) is 21.6 Å². The molecule has 0 fully saturated rings. The Morgan fingerprint density at radius 1 is 1.32 bits per heavy atom. The van der Waals surface area contributed by atoms with E-state index in [2.05, 4.69) is 5.92 Å². The summed E-state index contributed by atoms with van der Waals surface area (Å²) < 4.78 is 13.0. The van der Waals surface area contributed by atoms with Crippen molar-refractivity contribution in [1.82, 2.24) is 4.57 Å². The molecule has 1 aromatic carbocycles. The summed E-state index contributed by atoms with van der Waals surface area (Å²) in [6.45, 7) is 3.26. The highest BCUT2D eigenvalue weighted by molar-refractivity contribution is 5.95. The van der Waals surface area contributed by atoms with Gasteiger partial charge in [0.25, 0.3) is 5.91 Å². The van der Waals surface area contributed by atoms with Crippen LogP contribution in [0, 0.1) is 19.3 Å². The fourth-order valence-corrected chi connectivity index (χ4v) is 2.63. The smallest absolute Gasteiger partial charge is 0.250 e. The summed E-state index contributed by atoms with van der Waals surface area (Å²) in [6, 6.07) is 7.43. The predicted molar refractivity (Wildman–Crippen MR) is 82.9 cm³/mol. The number of benzene rings is 1. The number of ether oxygens (including phenoxy) is 2. The predicted octanol–water partition coefficient (Wildman–Crippen LogP) is 1.97. The molecule has 0 atom stereocenters. The highest BCUT2D eigenvalue weighted by Gasteiger charge is 2.18. The largest absolute Gasteiger partial charge is 0.486 e. The Morgan fingerprint density at radius 2 is 2.05 bits per heavy atom. The number of carbonyl (C=O) groups is 1. The quantitative estimate of drug-likeness (QED) is 0.881. The van der Waals surface area contributed by atoms with Gasteiger partial charge in [-0.25, -0.2) is 0 Å². The summed E-state index contributed by atoms with van der Waals surface area (Å²) in [7, 11) is 0. The zero-order chi connectivity index (χ0) is 15.7. The molecule has 3 rings (SSSR count). The normalized spacial score (nSPS) is 12.7. The van der Waals surface area contributed by atoms with Crippen molar-refractivity contribution in [2.24, 2.45) is 5.73 Å². The van der Waals surface area contributed by atoms with E-state index >= 15 is 0 Å². The van der Waals surface area contributed by atoms with Crippen molar-refractivity contribution in [2.75, 3.05) is 13.2 Å². The maximum absolute atomic E-state index is 11.6. The van der Waals surface area contributed by atoms with Crippen molar-refractivity contribution in [3.8, 4) is 35.1 Å². The Morgan fingerprint density at radius 3 is 2.73 bits per heavy atom. The number of rotatable bonds is 3. The van der Waals surface area contributed by atoms with Crippen molar-refractivity contribution >= 4 is 5.91 Å². The first-order valence-corrected chi connectivity index (χ1v) is 6.95. The molecule has 5 heteroatoms. The molecule has 0 bridgehead atoms. The van der Waals surface area contributed by atoms with Gasteiger partial charge in [0.05, 0.1) is 17.8 Å². The van der Waals surface area contributed by atoms with Gasteiger partial charge in [0.1, 0.15) is 13.2 Å². The van der Waals surface area contributed by atoms with Gasteiger partial charge in [-0.15, -0.1) is 6.42 Å². The van der Waals surface area contributed by atoms with E-state index in [1.807, 2.05) is 29.7 Å². The lowest BCUT2D eigenvalue weighted by atomic mass is 10.1. The van der Waals surface area contributed by atoms with Crippen molar-refractivity contribution in [1.29, 1.82) is 0 Å². The second-order valence-corrected chi connectivity index (χ2v) is 5.04. The number of fused-ring (bicyclic) bond motifs is 1. The van der Waals surface area contributed by atoms with Crippen LogP contribution >= 0.6 is 0 Å². The van der Waals surface area contributed by atoms with Crippen LogP contribution in [0.4, 0.5) is 0 Å². The molecule has 1 aliphatic rings. The molecule has 1 aliphatic heterocycles. The lowest BCUT2D eigenvalue weighted by molar-refractivity contribution is 0.0999. The minimum Gasteiger partial charge on any atom is -0.486 e. The van der Waals surface area contributed by atoms with E-state index in [-0.39, 0.29) is 0 Å². The third-order valence-corrected chi connectivity index (χ3v) is 3.72. The van der Waals surface area contributed by atoms with Gasteiger partial charge in [-0.1, -0.05) is 5.92 Å². The Hall–Kier alpha value is -2.87. The van der Waals surface area contributed by atoms with Gasteiger partial charge in [0, 0.05) is 11.3 Å². The molecule has 5 nitrogen and oxygen atoms in total. The van der Waals surface area contributed by atoms with Gasteiger partial charge in [-0.3, -0.25) is 4.79 Å². The number of nitrogens with two attached hydrogens (primary N) is 1. The summed E-state index contributed by atoms with van der Waals surface area (Å²) in [4.78, 5) is 11.6. The number of carbonyl (C=O) groups excluding carboxylic acids is 1. The lowest BCUT2D eigenvalue weighted by Crippen LogP contribution is -2.15. The summed E-state index contributed by atoms with van der Waals surface area (Å²) >= 11 is 0. The van der Waals surface area contributed by atoms with Gasteiger partial charge in [0.15, 0.2) is 11.5 Å². The molecule has 112 valence electrons. The topological polar surface area (TPSA) is 66.5 Å². The Balaban J connectivity index is 2.13. The molecule has 2 aromatic rings. The van der Waals surface area contributed by atoms with E-state index in [1.54, 1.807) is 6.07 Å². The minimum atomic E-state index is -0.466. The monoisotopic (exact) mass is 296 g/mol. The second-order valence-electron chi connectivity index (χ2n) is 5.04. The number of hydrogen-bond acceptors (Lipinski definition) is 3. The van der Waals surface area contributed by atoms with Crippen molar-refractivity contribution in [3.05, 3.63) is 35.5 Å². The highest BCUT2D eigenvalue weighted by atomic mass is 16.6. The van der Waals surface area contributed by atoms with Gasteiger partial charge in [-0.2, -0.15) is 0 Å². The number of amides is 1. The molecule has 1 aromatic heterocycles. The van der Waals surface area contributed by atoms with Crippen molar-refractivity contribution in [2.45, 2.75) is 13.5 Å². The van der Waals surface area contributed by atoms with E-state index in [0.717, 1.165) is 22.7 Å². The summed E-state index contributed by atoms with van der Waals surface area (Å²) in [6.07, 6.45) is 5.44. The number of hydrogen-bond donors (Lipinski definition) is 1. The van der Waals surface area contributed by atoms with Crippen LogP contribution in [-0.4, -0.2) is 23.7 Å². The molecule has 2 heterocycles. The summed E-state index contributed by atoms with van der Waals surface area (Å²) in [5.41, 5.74) is 8.40. The number of aromatic nitrogens is 1. The first-order chi connectivity index (χ1) is 10.6. The number of primary amides is 1. The zero-order valence-corrected chi connectivity index (χ0v) is 12.3. The second kappa shape index (κ2) is 5.49. The molecule has 0 aliphatic carbocycles. The lowest BCUT2D eigenvalue weighted by Gasteiger charge is -2.19. The van der Waals surface area contributed by atoms with Crippen molar-refractivity contribution in [3.63, 3.8) is 0 Å². The Kier molecular flexibility index (Phi) is 3.51. The Labute approximate surface area is 128 Å². The minimum absolute atomic E-state index is 0.364. The third-order valence-electron chi connectivity index (χ3n) is 3.72. The molecular formula is C17H16N2O3. The van der Waals surface area contributed by atoms with Crippen LogP contribution in [0.15, 0.2) is 24.3 Å². The highest BCUT2D eigenvalue weighted by Crippen LogP contribution is 2.35. The first kappa shape index (κ1) is 14.1. The third kappa shape index (κ3) is 2.29. The first-order valence-electron chi connectivity index (χ1n) is 6.95. The average Bonchev–Trinajstić information content (AvgIpc) is 2.85. The van der Waals surface area contributed by atoms with Crippen LogP contribution in [0.3, 0.4) is 0 Å². The van der Waals surface area contributed by atoms with Crippen molar-refractivity contribution < 1.29 is 14.3 Å². The Bertz CT molecular complexity index is 784. The molecule has 0 saturated carbocycles. The maximum atomic E-state index is 11.6.